The summed E-state index contributed by atoms with van der Waals surface area (Å²) in [6.07, 6.45) is 7.13. The lowest BCUT2D eigenvalue weighted by molar-refractivity contribution is -0.139. The maximum Gasteiger partial charge on any atom is 0.247 e. The molecule has 2 aromatic rings. The van der Waals surface area contributed by atoms with Crippen molar-refractivity contribution >= 4 is 23.4 Å². The fraction of sp³-hybridized carbons (Fsp3) is 0.500. The van der Waals surface area contributed by atoms with Gasteiger partial charge in [-0.05, 0) is 49.4 Å². The Morgan fingerprint density at radius 1 is 1.00 bits per heavy atom. The van der Waals surface area contributed by atoms with Crippen molar-refractivity contribution in [1.29, 1.82) is 0 Å². The van der Waals surface area contributed by atoms with Crippen LogP contribution in [-0.4, -0.2) is 49.4 Å². The molecule has 0 bridgehead atoms. The zero-order valence-electron chi connectivity index (χ0n) is 21.0. The molecule has 1 aliphatic carbocycles. The number of ether oxygens (including phenoxy) is 2. The van der Waals surface area contributed by atoms with E-state index in [-0.39, 0.29) is 23.7 Å². The average Bonchev–Trinajstić information content (AvgIpc) is 3.15. The number of carbonyl (C=O) groups is 2. The van der Waals surface area contributed by atoms with E-state index < -0.39 is 6.04 Å². The maximum absolute atomic E-state index is 13.7. The van der Waals surface area contributed by atoms with Crippen molar-refractivity contribution in [2.75, 3.05) is 26.6 Å². The zero-order valence-corrected chi connectivity index (χ0v) is 21.8. The predicted molar refractivity (Wildman–Crippen MR) is 139 cm³/mol. The van der Waals surface area contributed by atoms with Crippen LogP contribution >= 0.6 is 11.6 Å². The molecule has 1 unspecified atom stereocenters. The van der Waals surface area contributed by atoms with Gasteiger partial charge in [-0.2, -0.15) is 0 Å². The van der Waals surface area contributed by atoms with Crippen LogP contribution < -0.4 is 14.8 Å². The van der Waals surface area contributed by atoms with Gasteiger partial charge in [0.2, 0.25) is 11.8 Å². The smallest absolute Gasteiger partial charge is 0.247 e. The van der Waals surface area contributed by atoms with Gasteiger partial charge in [0, 0.05) is 12.6 Å². The van der Waals surface area contributed by atoms with Crippen molar-refractivity contribution in [3.8, 4) is 11.5 Å². The molecule has 3 rings (SSSR count). The van der Waals surface area contributed by atoms with Crippen LogP contribution in [0.2, 0.25) is 0 Å². The molecule has 7 heteroatoms. The Bertz CT molecular complexity index is 971. The lowest BCUT2D eigenvalue weighted by Crippen LogP contribution is -2.47. The molecule has 1 aliphatic rings. The molecule has 0 radical (unpaired) electrons. The van der Waals surface area contributed by atoms with Gasteiger partial charge in [0.05, 0.1) is 14.2 Å². The Morgan fingerprint density at radius 2 is 1.66 bits per heavy atom. The van der Waals surface area contributed by atoms with Crippen LogP contribution in [0, 0.1) is 6.92 Å². The highest BCUT2D eigenvalue weighted by atomic mass is 35.5. The molecule has 2 aromatic carbocycles. The Morgan fingerprint density at radius 3 is 2.26 bits per heavy atom. The Labute approximate surface area is 213 Å². The summed E-state index contributed by atoms with van der Waals surface area (Å²) in [6.45, 7) is 2.35. The SMILES string of the molecule is COc1ccc(CCN(C(=O)CCl)C(C(=O)NC2CCCCCC2)c2ccc(C)cc2)cc1OC. The van der Waals surface area contributed by atoms with Crippen LogP contribution in [0.3, 0.4) is 0 Å². The number of rotatable bonds is 10. The summed E-state index contributed by atoms with van der Waals surface area (Å²) in [5.74, 6) is 0.664. The summed E-state index contributed by atoms with van der Waals surface area (Å²) in [7, 11) is 3.19. The van der Waals surface area contributed by atoms with Crippen LogP contribution in [-0.2, 0) is 16.0 Å². The van der Waals surface area contributed by atoms with E-state index in [1.807, 2.05) is 49.4 Å². The maximum atomic E-state index is 13.7. The van der Waals surface area contributed by atoms with E-state index in [0.717, 1.165) is 42.4 Å². The molecule has 0 heterocycles. The van der Waals surface area contributed by atoms with E-state index >= 15 is 0 Å². The van der Waals surface area contributed by atoms with Gasteiger partial charge in [-0.3, -0.25) is 9.59 Å². The molecule has 1 saturated carbocycles. The molecule has 6 nitrogen and oxygen atoms in total. The second-order valence-corrected chi connectivity index (χ2v) is 9.44. The molecule has 1 N–H and O–H groups in total. The van der Waals surface area contributed by atoms with Crippen LogP contribution in [0.15, 0.2) is 42.5 Å². The minimum absolute atomic E-state index is 0.136. The molecule has 190 valence electrons. The van der Waals surface area contributed by atoms with Crippen molar-refractivity contribution in [3.63, 3.8) is 0 Å². The van der Waals surface area contributed by atoms with Crippen LogP contribution in [0.4, 0.5) is 0 Å². The molecule has 0 aromatic heterocycles. The minimum atomic E-state index is -0.745. The number of nitrogens with zero attached hydrogens (tertiary/aromatic N) is 1. The molecule has 1 atom stereocenters. The van der Waals surface area contributed by atoms with Gasteiger partial charge in [-0.25, -0.2) is 0 Å². The van der Waals surface area contributed by atoms with Crippen molar-refractivity contribution in [2.24, 2.45) is 0 Å². The van der Waals surface area contributed by atoms with E-state index in [1.165, 1.54) is 12.8 Å². The molecular formula is C28H37ClN2O4. The molecule has 2 amide bonds. The Hall–Kier alpha value is -2.73. The lowest BCUT2D eigenvalue weighted by atomic mass is 10.00. The fourth-order valence-corrected chi connectivity index (χ4v) is 4.84. The van der Waals surface area contributed by atoms with E-state index in [1.54, 1.807) is 19.1 Å². The molecule has 0 saturated heterocycles. The summed E-state index contributed by atoms with van der Waals surface area (Å²) in [6, 6.07) is 12.9. The third-order valence-electron chi connectivity index (χ3n) is 6.68. The van der Waals surface area contributed by atoms with E-state index in [2.05, 4.69) is 5.32 Å². The quantitative estimate of drug-likeness (QED) is 0.359. The van der Waals surface area contributed by atoms with Crippen LogP contribution in [0.1, 0.15) is 61.3 Å². The largest absolute Gasteiger partial charge is 0.493 e. The third kappa shape index (κ3) is 7.38. The first-order chi connectivity index (χ1) is 17.0. The standard InChI is InChI=1S/C28H37ClN2O4/c1-20-10-13-22(14-11-20)27(28(33)30-23-8-6-4-5-7-9-23)31(26(32)19-29)17-16-21-12-15-24(34-2)25(18-21)35-3/h10-15,18,23,27H,4-9,16-17,19H2,1-3H3,(H,30,33). The number of alkyl halides is 1. The number of nitrogens with one attached hydrogen (secondary N) is 1. The van der Waals surface area contributed by atoms with Crippen molar-refractivity contribution in [2.45, 2.75) is 64.0 Å². The van der Waals surface area contributed by atoms with Gasteiger partial charge in [-0.15, -0.1) is 11.6 Å². The second-order valence-electron chi connectivity index (χ2n) is 9.17. The number of hydrogen-bond donors (Lipinski definition) is 1. The summed E-state index contributed by atoms with van der Waals surface area (Å²) < 4.78 is 10.8. The second kappa shape index (κ2) is 13.4. The van der Waals surface area contributed by atoms with E-state index in [9.17, 15) is 9.59 Å². The first-order valence-corrected chi connectivity index (χ1v) is 12.9. The number of hydrogen-bond acceptors (Lipinski definition) is 4. The van der Waals surface area contributed by atoms with E-state index in [4.69, 9.17) is 21.1 Å². The third-order valence-corrected chi connectivity index (χ3v) is 6.91. The summed E-state index contributed by atoms with van der Waals surface area (Å²) in [5, 5.41) is 3.25. The Kier molecular flexibility index (Phi) is 10.3. The topological polar surface area (TPSA) is 67.9 Å². The van der Waals surface area contributed by atoms with Gasteiger partial charge >= 0.3 is 0 Å². The predicted octanol–water partition coefficient (Wildman–Crippen LogP) is 5.20. The number of halogens is 1. The molecular weight excluding hydrogens is 464 g/mol. The van der Waals surface area contributed by atoms with Gasteiger partial charge in [0.25, 0.3) is 0 Å². The fourth-order valence-electron chi connectivity index (χ4n) is 4.69. The average molecular weight is 501 g/mol. The summed E-state index contributed by atoms with van der Waals surface area (Å²) in [4.78, 5) is 28.4. The molecule has 0 spiro atoms. The highest BCUT2D eigenvalue weighted by molar-refractivity contribution is 6.27. The normalized spacial score (nSPS) is 15.1. The summed E-state index contributed by atoms with van der Waals surface area (Å²) >= 11 is 6.03. The van der Waals surface area contributed by atoms with Crippen molar-refractivity contribution in [1.82, 2.24) is 10.2 Å². The molecule has 0 aliphatic heterocycles. The number of aryl methyl sites for hydroxylation is 1. The monoisotopic (exact) mass is 500 g/mol. The van der Waals surface area contributed by atoms with Crippen LogP contribution in [0.25, 0.3) is 0 Å². The zero-order chi connectivity index (χ0) is 25.2. The van der Waals surface area contributed by atoms with Crippen molar-refractivity contribution in [3.05, 3.63) is 59.2 Å². The number of amides is 2. The number of carbonyl (C=O) groups excluding carboxylic acids is 2. The van der Waals surface area contributed by atoms with Gasteiger partial charge < -0.3 is 19.7 Å². The number of benzene rings is 2. The van der Waals surface area contributed by atoms with E-state index in [0.29, 0.717) is 24.5 Å². The molecule has 35 heavy (non-hydrogen) atoms. The first-order valence-electron chi connectivity index (χ1n) is 12.4. The first kappa shape index (κ1) is 26.9. The lowest BCUT2D eigenvalue weighted by Gasteiger charge is -2.32. The highest BCUT2D eigenvalue weighted by Gasteiger charge is 2.32. The minimum Gasteiger partial charge on any atom is -0.493 e. The van der Waals surface area contributed by atoms with Gasteiger partial charge in [-0.1, -0.05) is 61.6 Å². The molecule has 1 fully saturated rings. The summed E-state index contributed by atoms with van der Waals surface area (Å²) in [5.41, 5.74) is 2.85. The highest BCUT2D eigenvalue weighted by Crippen LogP contribution is 2.29. The van der Waals surface area contributed by atoms with Gasteiger partial charge in [0.15, 0.2) is 11.5 Å². The number of methoxy groups -OCH3 is 2. The van der Waals surface area contributed by atoms with Crippen LogP contribution in [0.5, 0.6) is 11.5 Å². The Balaban J connectivity index is 1.87. The van der Waals surface area contributed by atoms with Gasteiger partial charge in [0.1, 0.15) is 11.9 Å². The van der Waals surface area contributed by atoms with Crippen molar-refractivity contribution < 1.29 is 19.1 Å².